The summed E-state index contributed by atoms with van der Waals surface area (Å²) < 4.78 is 40.5. The molecule has 0 amide bonds. The first-order valence-electron chi connectivity index (χ1n) is 8.94. The minimum absolute atomic E-state index is 0.0621. The number of hydrogen-bond donors (Lipinski definition) is 3. The standard InChI is InChI=1S/C18H24F3N3O3/c19-18(20,21)24-6-4-13-1-2-14-11-23(27)12-15(16(14)17(13)24)3-5-22(7-9-25)8-10-26/h1-2,4,11,15,25-27H,3,5-10,12H2. The van der Waals surface area contributed by atoms with E-state index in [4.69, 9.17) is 10.2 Å². The zero-order valence-corrected chi connectivity index (χ0v) is 14.9. The molecule has 3 rings (SSSR count). The van der Waals surface area contributed by atoms with E-state index in [1.54, 1.807) is 18.2 Å². The van der Waals surface area contributed by atoms with Gasteiger partial charge in [0.2, 0.25) is 0 Å². The zero-order chi connectivity index (χ0) is 19.6. The molecule has 1 aromatic carbocycles. The number of rotatable bonds is 7. The van der Waals surface area contributed by atoms with Crippen molar-refractivity contribution in [1.82, 2.24) is 9.96 Å². The van der Waals surface area contributed by atoms with E-state index >= 15 is 0 Å². The second-order valence-corrected chi connectivity index (χ2v) is 6.81. The minimum Gasteiger partial charge on any atom is -0.395 e. The summed E-state index contributed by atoms with van der Waals surface area (Å²) in [5, 5.41) is 30.4. The van der Waals surface area contributed by atoms with Gasteiger partial charge in [-0.3, -0.25) is 20.1 Å². The maximum atomic E-state index is 13.5. The van der Waals surface area contributed by atoms with Gasteiger partial charge in [-0.25, -0.2) is 0 Å². The molecule has 0 fully saturated rings. The molecule has 9 heteroatoms. The number of aliphatic hydroxyl groups is 2. The Morgan fingerprint density at radius 3 is 2.37 bits per heavy atom. The second kappa shape index (κ2) is 8.05. The third-order valence-corrected chi connectivity index (χ3v) is 5.08. The first-order chi connectivity index (χ1) is 12.8. The van der Waals surface area contributed by atoms with Crippen LogP contribution in [0.3, 0.4) is 0 Å². The molecule has 0 aromatic heterocycles. The lowest BCUT2D eigenvalue weighted by atomic mass is 9.89. The molecule has 27 heavy (non-hydrogen) atoms. The van der Waals surface area contributed by atoms with E-state index in [0.29, 0.717) is 47.0 Å². The molecule has 6 nitrogen and oxygen atoms in total. The van der Waals surface area contributed by atoms with E-state index in [1.165, 1.54) is 6.20 Å². The summed E-state index contributed by atoms with van der Waals surface area (Å²) in [7, 11) is 0. The van der Waals surface area contributed by atoms with Crippen LogP contribution >= 0.6 is 0 Å². The molecule has 0 spiro atoms. The molecular formula is C18H24F3N3O3. The second-order valence-electron chi connectivity index (χ2n) is 6.81. The van der Waals surface area contributed by atoms with Gasteiger partial charge in [0.05, 0.1) is 25.4 Å². The number of alkyl halides is 3. The number of aliphatic hydroxyl groups excluding tert-OH is 2. The molecule has 3 N–H and O–H groups in total. The number of hydrogen-bond acceptors (Lipinski definition) is 6. The topological polar surface area (TPSA) is 70.4 Å². The Labute approximate surface area is 155 Å². The van der Waals surface area contributed by atoms with Crippen LogP contribution in [0.2, 0.25) is 0 Å². The molecule has 0 bridgehead atoms. The van der Waals surface area contributed by atoms with Crippen LogP contribution in [0.25, 0.3) is 12.3 Å². The van der Waals surface area contributed by atoms with Gasteiger partial charge in [0.15, 0.2) is 0 Å². The molecule has 1 unspecified atom stereocenters. The SMILES string of the molecule is OCCN(CCO)CCC1CN(O)C=c2ccc3c(c21)N(C(F)(F)F)CC=3. The highest BCUT2D eigenvalue weighted by molar-refractivity contribution is 5.67. The van der Waals surface area contributed by atoms with Gasteiger partial charge in [-0.2, -0.15) is 13.2 Å². The van der Waals surface area contributed by atoms with Crippen molar-refractivity contribution >= 4 is 18.0 Å². The lowest BCUT2D eigenvalue weighted by Crippen LogP contribution is -2.42. The van der Waals surface area contributed by atoms with Crippen LogP contribution in [-0.4, -0.2) is 77.6 Å². The van der Waals surface area contributed by atoms with Gasteiger partial charge in [0.1, 0.15) is 0 Å². The van der Waals surface area contributed by atoms with Crippen molar-refractivity contribution in [3.05, 3.63) is 28.1 Å². The quantitative estimate of drug-likeness (QED) is 0.573. The Hall–Kier alpha value is -1.81. The van der Waals surface area contributed by atoms with Crippen molar-refractivity contribution in [2.24, 2.45) is 0 Å². The summed E-state index contributed by atoms with van der Waals surface area (Å²) in [4.78, 5) is 2.31. The zero-order valence-electron chi connectivity index (χ0n) is 14.9. The fraction of sp³-hybridized carbons (Fsp3) is 0.556. The average molecular weight is 387 g/mol. The molecule has 0 aliphatic carbocycles. The van der Waals surface area contributed by atoms with Crippen molar-refractivity contribution in [1.29, 1.82) is 0 Å². The molecule has 2 aliphatic heterocycles. The van der Waals surface area contributed by atoms with Crippen LogP contribution in [0.4, 0.5) is 18.9 Å². The van der Waals surface area contributed by atoms with Crippen LogP contribution in [0.1, 0.15) is 17.9 Å². The Bertz CT molecular complexity index is 779. The smallest absolute Gasteiger partial charge is 0.395 e. The fourth-order valence-corrected chi connectivity index (χ4v) is 3.88. The molecule has 0 saturated carbocycles. The van der Waals surface area contributed by atoms with Gasteiger partial charge in [-0.05, 0) is 29.0 Å². The third kappa shape index (κ3) is 4.21. The predicted octanol–water partition coefficient (Wildman–Crippen LogP) is 0.0100. The lowest BCUT2D eigenvalue weighted by Gasteiger charge is -2.33. The summed E-state index contributed by atoms with van der Waals surface area (Å²) in [6.07, 6.45) is -0.953. The number of halogens is 3. The van der Waals surface area contributed by atoms with Crippen molar-refractivity contribution < 1.29 is 28.6 Å². The Balaban J connectivity index is 1.95. The van der Waals surface area contributed by atoms with Crippen molar-refractivity contribution in [2.45, 2.75) is 18.6 Å². The van der Waals surface area contributed by atoms with Gasteiger partial charge in [-0.15, -0.1) is 0 Å². The molecule has 1 aromatic rings. The maximum absolute atomic E-state index is 13.5. The molecular weight excluding hydrogens is 363 g/mol. The Morgan fingerprint density at radius 1 is 1.07 bits per heavy atom. The normalized spacial score (nSPS) is 19.0. The van der Waals surface area contributed by atoms with E-state index in [-0.39, 0.29) is 37.9 Å². The summed E-state index contributed by atoms with van der Waals surface area (Å²) in [6.45, 7) is 1.11. The number of nitrogens with zero attached hydrogens (tertiary/aromatic N) is 3. The highest BCUT2D eigenvalue weighted by Gasteiger charge is 2.41. The number of anilines is 1. The van der Waals surface area contributed by atoms with Gasteiger partial charge < -0.3 is 10.2 Å². The predicted molar refractivity (Wildman–Crippen MR) is 94.5 cm³/mol. The molecule has 0 radical (unpaired) electrons. The third-order valence-electron chi connectivity index (χ3n) is 5.08. The molecule has 2 heterocycles. The molecule has 1 atom stereocenters. The van der Waals surface area contributed by atoms with Crippen LogP contribution < -0.4 is 15.3 Å². The highest BCUT2D eigenvalue weighted by Crippen LogP contribution is 2.35. The molecule has 0 saturated heterocycles. The van der Waals surface area contributed by atoms with E-state index in [1.807, 2.05) is 4.90 Å². The monoisotopic (exact) mass is 387 g/mol. The van der Waals surface area contributed by atoms with Gasteiger partial charge >= 0.3 is 6.30 Å². The van der Waals surface area contributed by atoms with Crippen LogP contribution in [0.5, 0.6) is 0 Å². The fourth-order valence-electron chi connectivity index (χ4n) is 3.88. The molecule has 2 aliphatic rings. The van der Waals surface area contributed by atoms with Gasteiger partial charge in [0.25, 0.3) is 0 Å². The summed E-state index contributed by atoms with van der Waals surface area (Å²) in [5.41, 5.74) is 0.766. The van der Waals surface area contributed by atoms with E-state index in [2.05, 4.69) is 0 Å². The van der Waals surface area contributed by atoms with Crippen LogP contribution in [0.15, 0.2) is 12.1 Å². The van der Waals surface area contributed by atoms with Crippen molar-refractivity contribution in [3.8, 4) is 0 Å². The van der Waals surface area contributed by atoms with Gasteiger partial charge in [0, 0.05) is 31.8 Å². The Morgan fingerprint density at radius 2 is 1.74 bits per heavy atom. The summed E-state index contributed by atoms with van der Waals surface area (Å²) >= 11 is 0. The maximum Gasteiger partial charge on any atom is 0.485 e. The largest absolute Gasteiger partial charge is 0.485 e. The van der Waals surface area contributed by atoms with E-state index < -0.39 is 6.30 Å². The number of fused-ring (bicyclic) bond motifs is 3. The van der Waals surface area contributed by atoms with Crippen LogP contribution in [-0.2, 0) is 0 Å². The van der Waals surface area contributed by atoms with E-state index in [0.717, 1.165) is 5.06 Å². The minimum atomic E-state index is -4.47. The lowest BCUT2D eigenvalue weighted by molar-refractivity contribution is -0.127. The highest BCUT2D eigenvalue weighted by atomic mass is 19.4. The first kappa shape index (κ1) is 19.9. The van der Waals surface area contributed by atoms with Gasteiger partial charge in [-0.1, -0.05) is 18.2 Å². The van der Waals surface area contributed by atoms with Crippen LogP contribution in [0, 0.1) is 0 Å². The van der Waals surface area contributed by atoms with Crippen molar-refractivity contribution in [3.63, 3.8) is 0 Å². The van der Waals surface area contributed by atoms with E-state index in [9.17, 15) is 18.4 Å². The van der Waals surface area contributed by atoms with Crippen molar-refractivity contribution in [2.75, 3.05) is 50.8 Å². The number of benzene rings is 1. The summed E-state index contributed by atoms with van der Waals surface area (Å²) in [6, 6.07) is 3.38. The Kier molecular flexibility index (Phi) is 5.95. The first-order valence-corrected chi connectivity index (χ1v) is 8.94. The average Bonchev–Trinajstić information content (AvgIpc) is 3.04. The number of hydroxylamine groups is 2. The molecule has 150 valence electrons. The summed E-state index contributed by atoms with van der Waals surface area (Å²) in [5.74, 6) is -0.304.